The van der Waals surface area contributed by atoms with Gasteiger partial charge >= 0.3 is 0 Å². The maximum atomic E-state index is 12.4. The Kier molecular flexibility index (Phi) is 2.17. The minimum Gasteiger partial charge on any atom is -0.294 e. The highest BCUT2D eigenvalue weighted by Crippen LogP contribution is 2.81. The molecule has 0 N–H and O–H groups in total. The molecule has 0 aromatic carbocycles. The number of carbonyl (C=O) groups excluding carboxylic acids is 1. The zero-order valence-electron chi connectivity index (χ0n) is 11.7. The Morgan fingerprint density at radius 3 is 2.67 bits per heavy atom. The van der Waals surface area contributed by atoms with Crippen molar-refractivity contribution in [3.63, 3.8) is 0 Å². The molecular formula is C16H21NO. The lowest BCUT2D eigenvalue weighted by molar-refractivity contribution is -0.120. The summed E-state index contributed by atoms with van der Waals surface area (Å²) >= 11 is 0. The number of carbonyl (C=O) groups is 1. The second-order valence-electron chi connectivity index (χ2n) is 6.95. The lowest BCUT2D eigenvalue weighted by atomic mass is 9.73. The van der Waals surface area contributed by atoms with Crippen molar-refractivity contribution in [1.82, 2.24) is 0 Å². The number of nitrogens with zero attached hydrogens (tertiary/aromatic N) is 1. The number of hydrogen-bond donors (Lipinski definition) is 0. The van der Waals surface area contributed by atoms with E-state index >= 15 is 0 Å². The molecule has 0 amide bonds. The van der Waals surface area contributed by atoms with E-state index < -0.39 is 10.8 Å². The summed E-state index contributed by atoms with van der Waals surface area (Å²) < 4.78 is 0. The quantitative estimate of drug-likeness (QED) is 0.708. The molecule has 3 aliphatic rings. The predicted molar refractivity (Wildman–Crippen MR) is 69.5 cm³/mol. The number of fused-ring (bicyclic) bond motifs is 1. The van der Waals surface area contributed by atoms with Crippen LogP contribution in [0, 0.1) is 45.8 Å². The van der Waals surface area contributed by atoms with Crippen LogP contribution in [0.15, 0.2) is 11.6 Å². The summed E-state index contributed by atoms with van der Waals surface area (Å²) in [7, 11) is 0. The summed E-state index contributed by atoms with van der Waals surface area (Å²) in [5.74, 6) is 1.75. The second-order valence-corrected chi connectivity index (χ2v) is 6.95. The van der Waals surface area contributed by atoms with E-state index in [0.717, 1.165) is 12.8 Å². The number of hydrogen-bond acceptors (Lipinski definition) is 2. The van der Waals surface area contributed by atoms with Crippen LogP contribution in [0.2, 0.25) is 0 Å². The van der Waals surface area contributed by atoms with Gasteiger partial charge in [0.15, 0.2) is 5.78 Å². The van der Waals surface area contributed by atoms with Gasteiger partial charge in [0.1, 0.15) is 0 Å². The minimum absolute atomic E-state index is 0.212. The Hall–Kier alpha value is -1.10. The van der Waals surface area contributed by atoms with E-state index in [0.29, 0.717) is 17.8 Å². The highest BCUT2D eigenvalue weighted by molar-refractivity contribution is 6.04. The zero-order valence-corrected chi connectivity index (χ0v) is 11.7. The van der Waals surface area contributed by atoms with Gasteiger partial charge in [0, 0.05) is 5.92 Å². The van der Waals surface area contributed by atoms with Gasteiger partial charge in [-0.3, -0.25) is 4.79 Å². The SMILES string of the molecule is CC(C)[C@@H]1CC[C@@H](C)C2=CC(=O)[C@]3(C)[C@H]2[C@]13C#N. The van der Waals surface area contributed by atoms with E-state index in [1.165, 1.54) is 5.57 Å². The van der Waals surface area contributed by atoms with E-state index in [2.05, 4.69) is 26.8 Å². The number of ketones is 1. The van der Waals surface area contributed by atoms with Crippen molar-refractivity contribution in [2.45, 2.75) is 40.5 Å². The van der Waals surface area contributed by atoms with E-state index in [9.17, 15) is 10.1 Å². The molecule has 0 spiro atoms. The molecule has 0 aromatic heterocycles. The van der Waals surface area contributed by atoms with Crippen LogP contribution in [0.5, 0.6) is 0 Å². The van der Waals surface area contributed by atoms with Gasteiger partial charge < -0.3 is 0 Å². The first-order valence-electron chi connectivity index (χ1n) is 7.08. The van der Waals surface area contributed by atoms with Crippen LogP contribution >= 0.6 is 0 Å². The molecule has 0 radical (unpaired) electrons. The molecule has 96 valence electrons. The van der Waals surface area contributed by atoms with Gasteiger partial charge in [-0.05, 0) is 36.7 Å². The molecule has 2 fully saturated rings. The summed E-state index contributed by atoms with van der Waals surface area (Å²) in [4.78, 5) is 12.4. The summed E-state index contributed by atoms with van der Waals surface area (Å²) in [5, 5.41) is 9.80. The first-order valence-corrected chi connectivity index (χ1v) is 7.08. The van der Waals surface area contributed by atoms with E-state index in [1.54, 1.807) is 0 Å². The molecule has 18 heavy (non-hydrogen) atoms. The molecular weight excluding hydrogens is 222 g/mol. The first kappa shape index (κ1) is 12.0. The average Bonchev–Trinajstić information content (AvgIpc) is 2.78. The Bertz CT molecular complexity index is 498. The highest BCUT2D eigenvalue weighted by Gasteiger charge is 2.83. The van der Waals surface area contributed by atoms with E-state index in [1.807, 2.05) is 13.0 Å². The molecule has 2 heteroatoms. The van der Waals surface area contributed by atoms with Gasteiger partial charge in [0.05, 0.1) is 16.9 Å². The first-order chi connectivity index (χ1) is 8.41. The van der Waals surface area contributed by atoms with Crippen molar-refractivity contribution >= 4 is 5.78 Å². The smallest absolute Gasteiger partial charge is 0.163 e. The number of nitriles is 1. The fourth-order valence-corrected chi connectivity index (χ4v) is 4.95. The maximum absolute atomic E-state index is 12.4. The van der Waals surface area contributed by atoms with Gasteiger partial charge in [0.2, 0.25) is 0 Å². The van der Waals surface area contributed by atoms with E-state index in [-0.39, 0.29) is 11.7 Å². The number of allylic oxidation sites excluding steroid dienone is 2. The van der Waals surface area contributed by atoms with E-state index in [4.69, 9.17) is 0 Å². The topological polar surface area (TPSA) is 40.9 Å². The van der Waals surface area contributed by atoms with Crippen molar-refractivity contribution in [3.8, 4) is 6.07 Å². The standard InChI is InChI=1S/C16H21NO/c1-9(2)12-6-5-10(3)11-7-13(18)15(4)14(11)16(12,15)8-17/h7,9-10,12,14H,5-6H2,1-4H3/t10-,12+,14+,15-,16+/m1/s1. The van der Waals surface area contributed by atoms with Crippen molar-refractivity contribution < 1.29 is 4.79 Å². The van der Waals surface area contributed by atoms with Crippen LogP contribution in [-0.4, -0.2) is 5.78 Å². The molecule has 0 saturated heterocycles. The Balaban J connectivity index is 2.16. The lowest BCUT2D eigenvalue weighted by Gasteiger charge is -2.28. The van der Waals surface area contributed by atoms with Crippen LogP contribution in [0.3, 0.4) is 0 Å². The van der Waals surface area contributed by atoms with Crippen molar-refractivity contribution in [1.29, 1.82) is 5.26 Å². The van der Waals surface area contributed by atoms with Gasteiger partial charge in [-0.25, -0.2) is 0 Å². The largest absolute Gasteiger partial charge is 0.294 e. The Morgan fingerprint density at radius 1 is 1.44 bits per heavy atom. The summed E-state index contributed by atoms with van der Waals surface area (Å²) in [6, 6.07) is 2.59. The molecule has 5 atom stereocenters. The monoisotopic (exact) mass is 243 g/mol. The zero-order chi connectivity index (χ0) is 13.3. The molecule has 0 heterocycles. The fourth-order valence-electron chi connectivity index (χ4n) is 4.95. The molecule has 3 aliphatic carbocycles. The molecule has 0 aliphatic heterocycles. The average molecular weight is 243 g/mol. The maximum Gasteiger partial charge on any atom is 0.163 e. The van der Waals surface area contributed by atoms with Crippen molar-refractivity contribution in [2.75, 3.05) is 0 Å². The third-order valence-corrected chi connectivity index (χ3v) is 6.01. The molecule has 2 nitrogen and oxygen atoms in total. The molecule has 0 unspecified atom stereocenters. The molecule has 3 rings (SSSR count). The van der Waals surface area contributed by atoms with Crippen LogP contribution in [0.25, 0.3) is 0 Å². The summed E-state index contributed by atoms with van der Waals surface area (Å²) in [6.07, 6.45) is 4.06. The van der Waals surface area contributed by atoms with Gasteiger partial charge in [0.25, 0.3) is 0 Å². The summed E-state index contributed by atoms with van der Waals surface area (Å²) in [6.45, 7) is 8.64. The lowest BCUT2D eigenvalue weighted by Crippen LogP contribution is -2.29. The Labute approximate surface area is 109 Å². The third-order valence-electron chi connectivity index (χ3n) is 6.01. The molecule has 0 aromatic rings. The van der Waals surface area contributed by atoms with Crippen molar-refractivity contribution in [2.24, 2.45) is 34.5 Å². The van der Waals surface area contributed by atoms with Crippen LogP contribution in [0.4, 0.5) is 0 Å². The van der Waals surface area contributed by atoms with Gasteiger partial charge in [-0.2, -0.15) is 5.26 Å². The normalized spacial score (nSPS) is 49.4. The van der Waals surface area contributed by atoms with Crippen molar-refractivity contribution in [3.05, 3.63) is 11.6 Å². The Morgan fingerprint density at radius 2 is 2.11 bits per heavy atom. The van der Waals surface area contributed by atoms with Gasteiger partial charge in [-0.1, -0.05) is 33.3 Å². The predicted octanol–water partition coefficient (Wildman–Crippen LogP) is 3.34. The van der Waals surface area contributed by atoms with Crippen LogP contribution in [0.1, 0.15) is 40.5 Å². The minimum atomic E-state index is -0.402. The molecule has 2 saturated carbocycles. The highest BCUT2D eigenvalue weighted by atomic mass is 16.1. The second kappa shape index (κ2) is 3.26. The van der Waals surface area contributed by atoms with Crippen LogP contribution < -0.4 is 0 Å². The summed E-state index contributed by atoms with van der Waals surface area (Å²) in [5.41, 5.74) is 0.473. The molecule has 0 bridgehead atoms. The third kappa shape index (κ3) is 0.991. The number of rotatable bonds is 1. The van der Waals surface area contributed by atoms with Gasteiger partial charge in [-0.15, -0.1) is 0 Å². The fraction of sp³-hybridized carbons (Fsp3) is 0.750. The van der Waals surface area contributed by atoms with Crippen LogP contribution in [-0.2, 0) is 4.79 Å².